The first-order valence-electron chi connectivity index (χ1n) is 9.19. The Morgan fingerprint density at radius 3 is 2.61 bits per heavy atom. The standard InChI is InChI=1S/C22H23N3O3/c1-5-25-20-12-16(27-4)8-9-17(20)18(13-23)21(25)15-7-10-19(14(3)11-15)24-22(26)28-6-2/h7-12H,5-6H2,1-4H3,(H,24,26). The molecular weight excluding hydrogens is 354 g/mol. The van der Waals surface area contributed by atoms with E-state index in [4.69, 9.17) is 9.47 Å². The zero-order chi connectivity index (χ0) is 20.3. The number of hydrogen-bond donors (Lipinski definition) is 1. The SMILES string of the molecule is CCOC(=O)Nc1ccc(-c2c(C#N)c3ccc(OC)cc3n2CC)cc1C. The van der Waals surface area contributed by atoms with E-state index in [-0.39, 0.29) is 0 Å². The Kier molecular flexibility index (Phi) is 5.55. The van der Waals surface area contributed by atoms with Crippen LogP contribution in [-0.4, -0.2) is 24.4 Å². The number of methoxy groups -OCH3 is 1. The number of hydrogen-bond acceptors (Lipinski definition) is 4. The van der Waals surface area contributed by atoms with Crippen LogP contribution in [0.5, 0.6) is 5.75 Å². The summed E-state index contributed by atoms with van der Waals surface area (Å²) < 4.78 is 12.4. The van der Waals surface area contributed by atoms with Crippen LogP contribution in [-0.2, 0) is 11.3 Å². The third-order valence-corrected chi connectivity index (χ3v) is 4.71. The van der Waals surface area contributed by atoms with Gasteiger partial charge in [-0.3, -0.25) is 5.32 Å². The van der Waals surface area contributed by atoms with Gasteiger partial charge < -0.3 is 14.0 Å². The number of carbonyl (C=O) groups excluding carboxylic acids is 1. The summed E-state index contributed by atoms with van der Waals surface area (Å²) in [7, 11) is 1.63. The Balaban J connectivity index is 2.14. The van der Waals surface area contributed by atoms with E-state index in [0.717, 1.165) is 33.5 Å². The second-order valence-electron chi connectivity index (χ2n) is 6.34. The van der Waals surface area contributed by atoms with Crippen LogP contribution in [0.15, 0.2) is 36.4 Å². The number of benzene rings is 2. The van der Waals surface area contributed by atoms with Crippen molar-refractivity contribution in [3.8, 4) is 23.1 Å². The van der Waals surface area contributed by atoms with Gasteiger partial charge in [0.15, 0.2) is 0 Å². The molecule has 0 fully saturated rings. The van der Waals surface area contributed by atoms with Gasteiger partial charge in [-0.05, 0) is 56.2 Å². The van der Waals surface area contributed by atoms with Crippen molar-refractivity contribution in [3.63, 3.8) is 0 Å². The number of nitriles is 1. The van der Waals surface area contributed by atoms with Crippen molar-refractivity contribution in [2.45, 2.75) is 27.3 Å². The number of rotatable bonds is 5. The second-order valence-corrected chi connectivity index (χ2v) is 6.34. The number of carbonyl (C=O) groups is 1. The molecule has 2 aromatic carbocycles. The van der Waals surface area contributed by atoms with Crippen LogP contribution in [0, 0.1) is 18.3 Å². The van der Waals surface area contributed by atoms with Crippen molar-refractivity contribution in [2.75, 3.05) is 19.0 Å². The monoisotopic (exact) mass is 377 g/mol. The summed E-state index contributed by atoms with van der Waals surface area (Å²) >= 11 is 0. The molecule has 0 aliphatic heterocycles. The van der Waals surface area contributed by atoms with Gasteiger partial charge in [0.2, 0.25) is 0 Å². The maximum atomic E-state index is 11.7. The van der Waals surface area contributed by atoms with Crippen molar-refractivity contribution < 1.29 is 14.3 Å². The van der Waals surface area contributed by atoms with Gasteiger partial charge in [0, 0.05) is 23.7 Å². The van der Waals surface area contributed by atoms with E-state index in [0.29, 0.717) is 24.4 Å². The van der Waals surface area contributed by atoms with Crippen LogP contribution in [0.25, 0.3) is 22.2 Å². The fourth-order valence-corrected chi connectivity index (χ4v) is 3.43. The van der Waals surface area contributed by atoms with E-state index < -0.39 is 6.09 Å². The molecule has 6 heteroatoms. The van der Waals surface area contributed by atoms with Crippen LogP contribution >= 0.6 is 0 Å². The van der Waals surface area contributed by atoms with Crippen LogP contribution in [0.3, 0.4) is 0 Å². The van der Waals surface area contributed by atoms with Crippen molar-refractivity contribution in [3.05, 3.63) is 47.5 Å². The van der Waals surface area contributed by atoms with Crippen LogP contribution in [0.1, 0.15) is 25.0 Å². The third-order valence-electron chi connectivity index (χ3n) is 4.71. The fourth-order valence-electron chi connectivity index (χ4n) is 3.43. The van der Waals surface area contributed by atoms with Crippen LogP contribution < -0.4 is 10.1 Å². The van der Waals surface area contributed by atoms with Gasteiger partial charge in [-0.15, -0.1) is 0 Å². The predicted molar refractivity (Wildman–Crippen MR) is 110 cm³/mol. The van der Waals surface area contributed by atoms with Crippen molar-refractivity contribution in [1.82, 2.24) is 4.57 Å². The Hall–Kier alpha value is -3.46. The van der Waals surface area contributed by atoms with E-state index in [1.165, 1.54) is 0 Å². The second kappa shape index (κ2) is 8.05. The third kappa shape index (κ3) is 3.39. The van der Waals surface area contributed by atoms with E-state index in [2.05, 4.69) is 16.0 Å². The topological polar surface area (TPSA) is 76.3 Å². The molecule has 3 rings (SSSR count). The molecule has 0 saturated heterocycles. The summed E-state index contributed by atoms with van der Waals surface area (Å²) in [6, 6.07) is 13.8. The molecule has 0 atom stereocenters. The van der Waals surface area contributed by atoms with Crippen molar-refractivity contribution >= 4 is 22.7 Å². The van der Waals surface area contributed by atoms with Crippen molar-refractivity contribution in [1.29, 1.82) is 5.26 Å². The van der Waals surface area contributed by atoms with Gasteiger partial charge >= 0.3 is 6.09 Å². The zero-order valence-corrected chi connectivity index (χ0v) is 16.5. The Labute approximate surface area is 164 Å². The lowest BCUT2D eigenvalue weighted by Gasteiger charge is -2.13. The van der Waals surface area contributed by atoms with Crippen molar-refractivity contribution in [2.24, 2.45) is 0 Å². The summed E-state index contributed by atoms with van der Waals surface area (Å²) in [6.07, 6.45) is -0.481. The summed E-state index contributed by atoms with van der Waals surface area (Å²) in [5.41, 5.74) is 4.94. The van der Waals surface area contributed by atoms with E-state index in [1.54, 1.807) is 14.0 Å². The zero-order valence-electron chi connectivity index (χ0n) is 16.5. The molecule has 0 unspecified atom stereocenters. The Morgan fingerprint density at radius 1 is 1.21 bits per heavy atom. The van der Waals surface area contributed by atoms with Gasteiger partial charge in [0.25, 0.3) is 0 Å². The molecule has 0 bridgehead atoms. The summed E-state index contributed by atoms with van der Waals surface area (Å²) in [5.74, 6) is 0.751. The minimum absolute atomic E-state index is 0.314. The highest BCUT2D eigenvalue weighted by Crippen LogP contribution is 2.36. The average Bonchev–Trinajstić information content (AvgIpc) is 3.02. The summed E-state index contributed by atoms with van der Waals surface area (Å²) in [4.78, 5) is 11.7. The maximum absolute atomic E-state index is 11.7. The van der Waals surface area contributed by atoms with Crippen LogP contribution in [0.4, 0.5) is 10.5 Å². The Bertz CT molecular complexity index is 1080. The molecule has 0 aliphatic carbocycles. The minimum Gasteiger partial charge on any atom is -0.497 e. The fraction of sp³-hybridized carbons (Fsp3) is 0.273. The average molecular weight is 377 g/mol. The van der Waals surface area contributed by atoms with Gasteiger partial charge in [-0.25, -0.2) is 4.79 Å². The molecule has 144 valence electrons. The number of nitrogens with zero attached hydrogens (tertiary/aromatic N) is 2. The van der Waals surface area contributed by atoms with E-state index in [9.17, 15) is 10.1 Å². The molecule has 1 N–H and O–H groups in total. The molecule has 6 nitrogen and oxygen atoms in total. The first-order chi connectivity index (χ1) is 13.5. The highest BCUT2D eigenvalue weighted by molar-refractivity contribution is 5.96. The highest BCUT2D eigenvalue weighted by Gasteiger charge is 2.19. The molecule has 3 aromatic rings. The molecule has 0 saturated carbocycles. The first kappa shape index (κ1) is 19.3. The molecular formula is C22H23N3O3. The normalized spacial score (nSPS) is 10.5. The Morgan fingerprint density at radius 2 is 2.00 bits per heavy atom. The van der Waals surface area contributed by atoms with E-state index in [1.807, 2.05) is 50.2 Å². The van der Waals surface area contributed by atoms with Gasteiger partial charge in [-0.1, -0.05) is 6.07 Å². The lowest BCUT2D eigenvalue weighted by atomic mass is 10.0. The summed E-state index contributed by atoms with van der Waals surface area (Å²) in [5, 5.41) is 13.5. The number of nitrogens with one attached hydrogen (secondary N) is 1. The molecule has 1 aromatic heterocycles. The molecule has 28 heavy (non-hydrogen) atoms. The van der Waals surface area contributed by atoms with Crippen LogP contribution in [0.2, 0.25) is 0 Å². The predicted octanol–water partition coefficient (Wildman–Crippen LogP) is 5.09. The lowest BCUT2D eigenvalue weighted by Crippen LogP contribution is -2.14. The number of aromatic nitrogens is 1. The highest BCUT2D eigenvalue weighted by atomic mass is 16.5. The minimum atomic E-state index is -0.481. The maximum Gasteiger partial charge on any atom is 0.411 e. The smallest absolute Gasteiger partial charge is 0.411 e. The number of anilines is 1. The molecule has 0 radical (unpaired) electrons. The van der Waals surface area contributed by atoms with Gasteiger partial charge in [0.1, 0.15) is 11.8 Å². The molecule has 0 spiro atoms. The number of ether oxygens (including phenoxy) is 2. The van der Waals surface area contributed by atoms with Gasteiger partial charge in [-0.2, -0.15) is 5.26 Å². The van der Waals surface area contributed by atoms with E-state index >= 15 is 0 Å². The molecule has 0 aliphatic rings. The number of aryl methyl sites for hydroxylation is 2. The quantitative estimate of drug-likeness (QED) is 0.672. The number of amides is 1. The molecule has 1 amide bonds. The largest absolute Gasteiger partial charge is 0.497 e. The summed E-state index contributed by atoms with van der Waals surface area (Å²) in [6.45, 7) is 6.75. The first-order valence-corrected chi connectivity index (χ1v) is 9.19. The van der Waals surface area contributed by atoms with Gasteiger partial charge in [0.05, 0.1) is 30.5 Å². The molecule has 1 heterocycles. The lowest BCUT2D eigenvalue weighted by molar-refractivity contribution is 0.168. The number of fused-ring (bicyclic) bond motifs is 1.